The van der Waals surface area contributed by atoms with Crippen molar-refractivity contribution in [1.29, 1.82) is 0 Å². The molecule has 0 aromatic carbocycles. The molecule has 1 aromatic rings. The SMILES string of the molecule is CCc1ccc(CC(O)C2C3CCCCC32)s1. The smallest absolute Gasteiger partial charge is 0.0622 e. The second-order valence-corrected chi connectivity index (χ2v) is 6.94. The van der Waals surface area contributed by atoms with E-state index in [0.29, 0.717) is 5.92 Å². The van der Waals surface area contributed by atoms with Gasteiger partial charge in [-0.3, -0.25) is 0 Å². The second-order valence-electron chi connectivity index (χ2n) is 5.68. The highest BCUT2D eigenvalue weighted by molar-refractivity contribution is 7.11. The van der Waals surface area contributed by atoms with Crippen LogP contribution < -0.4 is 0 Å². The Morgan fingerprint density at radius 3 is 2.47 bits per heavy atom. The van der Waals surface area contributed by atoms with Crippen LogP contribution in [0.15, 0.2) is 12.1 Å². The summed E-state index contributed by atoms with van der Waals surface area (Å²) in [7, 11) is 0. The Morgan fingerprint density at radius 2 is 1.88 bits per heavy atom. The zero-order chi connectivity index (χ0) is 11.8. The van der Waals surface area contributed by atoms with Gasteiger partial charge in [-0.05, 0) is 49.1 Å². The third-order valence-corrected chi connectivity index (χ3v) is 5.90. The van der Waals surface area contributed by atoms with E-state index < -0.39 is 0 Å². The summed E-state index contributed by atoms with van der Waals surface area (Å²) >= 11 is 1.88. The number of aryl methyl sites for hydroxylation is 1. The molecule has 2 heteroatoms. The standard InChI is InChI=1S/C15H22OS/c1-2-10-7-8-11(17-10)9-14(16)15-12-5-3-4-6-13(12)15/h7-8,12-16H,2-6,9H2,1H3. The first kappa shape index (κ1) is 11.7. The number of fused-ring (bicyclic) bond motifs is 1. The van der Waals surface area contributed by atoms with E-state index in [1.807, 2.05) is 11.3 Å². The molecule has 1 aromatic heterocycles. The molecule has 1 heterocycles. The summed E-state index contributed by atoms with van der Waals surface area (Å²) in [6, 6.07) is 4.42. The molecule has 0 amide bonds. The summed E-state index contributed by atoms with van der Waals surface area (Å²) in [6.45, 7) is 2.20. The molecule has 17 heavy (non-hydrogen) atoms. The van der Waals surface area contributed by atoms with Crippen LogP contribution >= 0.6 is 11.3 Å². The van der Waals surface area contributed by atoms with Gasteiger partial charge in [0.15, 0.2) is 0 Å². The molecule has 2 saturated carbocycles. The number of rotatable bonds is 4. The number of hydrogen-bond donors (Lipinski definition) is 1. The zero-order valence-corrected chi connectivity index (χ0v) is 11.4. The summed E-state index contributed by atoms with van der Waals surface area (Å²) in [5.74, 6) is 2.36. The van der Waals surface area contributed by atoms with Crippen LogP contribution in [0.3, 0.4) is 0 Å². The van der Waals surface area contributed by atoms with E-state index >= 15 is 0 Å². The van der Waals surface area contributed by atoms with E-state index in [1.54, 1.807) is 0 Å². The molecule has 0 aliphatic heterocycles. The van der Waals surface area contributed by atoms with Gasteiger partial charge in [-0.25, -0.2) is 0 Å². The zero-order valence-electron chi connectivity index (χ0n) is 10.6. The molecule has 2 aliphatic carbocycles. The van der Waals surface area contributed by atoms with Gasteiger partial charge in [-0.2, -0.15) is 0 Å². The number of aliphatic hydroxyl groups excluding tert-OH is 1. The van der Waals surface area contributed by atoms with Crippen molar-refractivity contribution in [3.05, 3.63) is 21.9 Å². The van der Waals surface area contributed by atoms with Crippen LogP contribution in [0, 0.1) is 17.8 Å². The summed E-state index contributed by atoms with van der Waals surface area (Å²) < 4.78 is 0. The fourth-order valence-corrected chi connectivity index (χ4v) is 4.69. The Labute approximate surface area is 108 Å². The largest absolute Gasteiger partial charge is 0.392 e. The highest BCUT2D eigenvalue weighted by atomic mass is 32.1. The molecule has 2 fully saturated rings. The molecular weight excluding hydrogens is 228 g/mol. The summed E-state index contributed by atoms with van der Waals surface area (Å²) in [5, 5.41) is 10.4. The summed E-state index contributed by atoms with van der Waals surface area (Å²) in [6.07, 6.45) is 7.46. The Morgan fingerprint density at radius 1 is 1.24 bits per heavy atom. The van der Waals surface area contributed by atoms with Gasteiger partial charge in [0.1, 0.15) is 0 Å². The minimum atomic E-state index is -0.0774. The van der Waals surface area contributed by atoms with Gasteiger partial charge in [-0.1, -0.05) is 19.8 Å². The molecular formula is C15H22OS. The molecule has 3 atom stereocenters. The van der Waals surface area contributed by atoms with Crippen LogP contribution in [0.4, 0.5) is 0 Å². The molecule has 0 radical (unpaired) electrons. The van der Waals surface area contributed by atoms with Gasteiger partial charge in [0.05, 0.1) is 6.10 Å². The molecule has 0 spiro atoms. The van der Waals surface area contributed by atoms with Gasteiger partial charge in [0.2, 0.25) is 0 Å². The average Bonchev–Trinajstić information content (AvgIpc) is 2.92. The molecule has 0 bridgehead atoms. The Hall–Kier alpha value is -0.340. The summed E-state index contributed by atoms with van der Waals surface area (Å²) in [4.78, 5) is 2.82. The van der Waals surface area contributed by atoms with Crippen molar-refractivity contribution in [3.63, 3.8) is 0 Å². The molecule has 1 N–H and O–H groups in total. The summed E-state index contributed by atoms with van der Waals surface area (Å²) in [5.41, 5.74) is 0. The van der Waals surface area contributed by atoms with Crippen LogP contribution in [0.1, 0.15) is 42.4 Å². The second kappa shape index (κ2) is 4.74. The topological polar surface area (TPSA) is 20.2 Å². The van der Waals surface area contributed by atoms with Crippen molar-refractivity contribution >= 4 is 11.3 Å². The first-order chi connectivity index (χ1) is 8.29. The lowest BCUT2D eigenvalue weighted by Gasteiger charge is -2.08. The fraction of sp³-hybridized carbons (Fsp3) is 0.733. The van der Waals surface area contributed by atoms with Crippen molar-refractivity contribution < 1.29 is 5.11 Å². The molecule has 3 rings (SSSR count). The maximum absolute atomic E-state index is 10.4. The maximum atomic E-state index is 10.4. The van der Waals surface area contributed by atoms with Gasteiger partial charge in [0.25, 0.3) is 0 Å². The lowest BCUT2D eigenvalue weighted by atomic mass is 10.0. The molecule has 0 saturated heterocycles. The lowest BCUT2D eigenvalue weighted by molar-refractivity contribution is 0.141. The van der Waals surface area contributed by atoms with Crippen molar-refractivity contribution in [2.24, 2.45) is 17.8 Å². The molecule has 3 unspecified atom stereocenters. The monoisotopic (exact) mass is 250 g/mol. The van der Waals surface area contributed by atoms with Crippen LogP contribution in [0.5, 0.6) is 0 Å². The van der Waals surface area contributed by atoms with Crippen molar-refractivity contribution in [3.8, 4) is 0 Å². The lowest BCUT2D eigenvalue weighted by Crippen LogP contribution is -2.14. The fourth-order valence-electron chi connectivity index (χ4n) is 3.68. The van der Waals surface area contributed by atoms with Crippen LogP contribution in [0.2, 0.25) is 0 Å². The normalized spacial score (nSPS) is 33.2. The molecule has 94 valence electrons. The Balaban J connectivity index is 1.58. The van der Waals surface area contributed by atoms with Crippen molar-refractivity contribution in [1.82, 2.24) is 0 Å². The minimum Gasteiger partial charge on any atom is -0.392 e. The highest BCUT2D eigenvalue weighted by Gasteiger charge is 2.53. The maximum Gasteiger partial charge on any atom is 0.0622 e. The minimum absolute atomic E-state index is 0.0774. The van der Waals surface area contributed by atoms with Crippen molar-refractivity contribution in [2.45, 2.75) is 51.6 Å². The van der Waals surface area contributed by atoms with E-state index in [0.717, 1.165) is 24.7 Å². The van der Waals surface area contributed by atoms with Gasteiger partial charge < -0.3 is 5.11 Å². The van der Waals surface area contributed by atoms with Crippen LogP contribution in [0.25, 0.3) is 0 Å². The van der Waals surface area contributed by atoms with E-state index in [1.165, 1.54) is 35.4 Å². The number of hydrogen-bond acceptors (Lipinski definition) is 2. The van der Waals surface area contributed by atoms with E-state index in [2.05, 4.69) is 19.1 Å². The highest BCUT2D eigenvalue weighted by Crippen LogP contribution is 2.57. The number of thiophene rings is 1. The molecule has 2 aliphatic rings. The van der Waals surface area contributed by atoms with E-state index in [4.69, 9.17) is 0 Å². The van der Waals surface area contributed by atoms with Crippen LogP contribution in [-0.2, 0) is 12.8 Å². The van der Waals surface area contributed by atoms with Gasteiger partial charge >= 0.3 is 0 Å². The van der Waals surface area contributed by atoms with E-state index in [9.17, 15) is 5.11 Å². The van der Waals surface area contributed by atoms with Crippen molar-refractivity contribution in [2.75, 3.05) is 0 Å². The van der Waals surface area contributed by atoms with E-state index in [-0.39, 0.29) is 6.10 Å². The quantitative estimate of drug-likeness (QED) is 0.865. The van der Waals surface area contributed by atoms with Crippen LogP contribution in [-0.4, -0.2) is 11.2 Å². The Bertz CT molecular complexity index is 372. The van der Waals surface area contributed by atoms with Gasteiger partial charge in [-0.15, -0.1) is 11.3 Å². The third kappa shape index (κ3) is 2.30. The first-order valence-corrected chi connectivity index (χ1v) is 7.87. The molecule has 1 nitrogen and oxygen atoms in total. The predicted octanol–water partition coefficient (Wildman–Crippen LogP) is 3.65. The number of aliphatic hydroxyl groups is 1. The third-order valence-electron chi connectivity index (χ3n) is 4.64. The predicted molar refractivity (Wildman–Crippen MR) is 72.3 cm³/mol. The average molecular weight is 250 g/mol. The Kier molecular flexibility index (Phi) is 3.27. The first-order valence-electron chi connectivity index (χ1n) is 7.05. The van der Waals surface area contributed by atoms with Gasteiger partial charge in [0, 0.05) is 16.2 Å².